The van der Waals surface area contributed by atoms with Gasteiger partial charge in [0, 0.05) is 6.61 Å². The molecule has 2 unspecified atom stereocenters. The van der Waals surface area contributed by atoms with Gasteiger partial charge >= 0.3 is 0 Å². The molecule has 0 saturated heterocycles. The van der Waals surface area contributed by atoms with Crippen LogP contribution >= 0.6 is 0 Å². The summed E-state index contributed by atoms with van der Waals surface area (Å²) in [6, 6.07) is 3.96. The smallest absolute Gasteiger partial charge is 0.122 e. The van der Waals surface area contributed by atoms with Gasteiger partial charge in [-0.15, -0.1) is 0 Å². The van der Waals surface area contributed by atoms with E-state index >= 15 is 0 Å². The molecule has 0 spiro atoms. The van der Waals surface area contributed by atoms with Crippen molar-refractivity contribution in [2.24, 2.45) is 0 Å². The average molecular weight is 266 g/mol. The fraction of sp³-hybridized carbons (Fsp3) is 0.625. The van der Waals surface area contributed by atoms with Crippen molar-refractivity contribution in [3.8, 4) is 5.75 Å². The van der Waals surface area contributed by atoms with Crippen LogP contribution in [0, 0.1) is 13.8 Å². The molecular formula is C16H26O3. The van der Waals surface area contributed by atoms with E-state index in [-0.39, 0.29) is 0 Å². The Morgan fingerprint density at radius 1 is 1.21 bits per heavy atom. The highest BCUT2D eigenvalue weighted by molar-refractivity contribution is 5.43. The number of ether oxygens (including phenoxy) is 2. The van der Waals surface area contributed by atoms with E-state index in [0.717, 1.165) is 28.9 Å². The Labute approximate surface area is 116 Å². The molecule has 0 amide bonds. The van der Waals surface area contributed by atoms with E-state index in [1.165, 1.54) is 0 Å². The van der Waals surface area contributed by atoms with Crippen LogP contribution in [0.3, 0.4) is 0 Å². The van der Waals surface area contributed by atoms with Gasteiger partial charge in [0.2, 0.25) is 0 Å². The monoisotopic (exact) mass is 266 g/mol. The van der Waals surface area contributed by atoms with Crippen molar-refractivity contribution >= 4 is 0 Å². The molecule has 1 rings (SSSR count). The molecule has 0 aliphatic rings. The number of aliphatic hydroxyl groups is 1. The van der Waals surface area contributed by atoms with Crippen LogP contribution in [0.25, 0.3) is 0 Å². The van der Waals surface area contributed by atoms with Crippen molar-refractivity contribution in [3.05, 3.63) is 28.8 Å². The molecule has 2 atom stereocenters. The zero-order chi connectivity index (χ0) is 14.6. The van der Waals surface area contributed by atoms with E-state index in [9.17, 15) is 5.11 Å². The van der Waals surface area contributed by atoms with Crippen LogP contribution in [0.5, 0.6) is 5.75 Å². The number of hydrogen-bond acceptors (Lipinski definition) is 3. The van der Waals surface area contributed by atoms with Gasteiger partial charge in [0.15, 0.2) is 0 Å². The standard InChI is InChI=1S/C16H26O3/c1-7-16(5,19-8-2)15(17)13-9-12(4)14(18-6)10-11(13)3/h9-10,15,17H,7-8H2,1-6H3. The second kappa shape index (κ2) is 6.40. The predicted octanol–water partition coefficient (Wildman–Crippen LogP) is 3.55. The lowest BCUT2D eigenvalue weighted by Gasteiger charge is -2.34. The van der Waals surface area contributed by atoms with Crippen molar-refractivity contribution in [3.63, 3.8) is 0 Å². The molecule has 0 bridgehead atoms. The first-order chi connectivity index (χ1) is 8.89. The largest absolute Gasteiger partial charge is 0.496 e. The summed E-state index contributed by atoms with van der Waals surface area (Å²) in [7, 11) is 1.66. The Kier molecular flexibility index (Phi) is 5.39. The Hall–Kier alpha value is -1.06. The summed E-state index contributed by atoms with van der Waals surface area (Å²) in [6.45, 7) is 10.5. The van der Waals surface area contributed by atoms with Crippen LogP contribution in [0.2, 0.25) is 0 Å². The third-order valence-corrected chi connectivity index (χ3v) is 3.83. The van der Waals surface area contributed by atoms with Gasteiger partial charge in [-0.1, -0.05) is 6.92 Å². The quantitative estimate of drug-likeness (QED) is 0.855. The van der Waals surface area contributed by atoms with Crippen LogP contribution in [0.1, 0.15) is 50.0 Å². The maximum Gasteiger partial charge on any atom is 0.122 e. The molecule has 3 heteroatoms. The molecular weight excluding hydrogens is 240 g/mol. The summed E-state index contributed by atoms with van der Waals surface area (Å²) >= 11 is 0. The predicted molar refractivity (Wildman–Crippen MR) is 77.7 cm³/mol. The van der Waals surface area contributed by atoms with Crippen LogP contribution in [0.15, 0.2) is 12.1 Å². The van der Waals surface area contributed by atoms with E-state index in [4.69, 9.17) is 9.47 Å². The molecule has 0 radical (unpaired) electrons. The first-order valence-corrected chi connectivity index (χ1v) is 6.86. The molecule has 1 N–H and O–H groups in total. The molecule has 1 aromatic carbocycles. The Bertz CT molecular complexity index is 428. The van der Waals surface area contributed by atoms with Crippen LogP contribution in [-0.2, 0) is 4.74 Å². The number of methoxy groups -OCH3 is 1. The Morgan fingerprint density at radius 3 is 2.32 bits per heavy atom. The molecule has 108 valence electrons. The molecule has 0 heterocycles. The number of aryl methyl sites for hydroxylation is 2. The SMILES string of the molecule is CCOC(C)(CC)C(O)c1cc(C)c(OC)cc1C. The van der Waals surface area contributed by atoms with Gasteiger partial charge in [0.05, 0.1) is 12.7 Å². The number of hydrogen-bond donors (Lipinski definition) is 1. The zero-order valence-corrected chi connectivity index (χ0v) is 12.9. The van der Waals surface area contributed by atoms with Crippen LogP contribution in [0.4, 0.5) is 0 Å². The fourth-order valence-electron chi connectivity index (χ4n) is 2.36. The van der Waals surface area contributed by atoms with Crippen molar-refractivity contribution in [2.75, 3.05) is 13.7 Å². The lowest BCUT2D eigenvalue weighted by atomic mass is 9.87. The second-order valence-electron chi connectivity index (χ2n) is 5.18. The minimum atomic E-state index is -0.637. The van der Waals surface area contributed by atoms with Gasteiger partial charge < -0.3 is 14.6 Å². The second-order valence-corrected chi connectivity index (χ2v) is 5.18. The highest BCUT2D eigenvalue weighted by atomic mass is 16.5. The molecule has 0 fully saturated rings. The minimum Gasteiger partial charge on any atom is -0.496 e. The third-order valence-electron chi connectivity index (χ3n) is 3.83. The van der Waals surface area contributed by atoms with Crippen molar-refractivity contribution in [1.82, 2.24) is 0 Å². The number of rotatable bonds is 6. The van der Waals surface area contributed by atoms with E-state index in [2.05, 4.69) is 0 Å². The summed E-state index contributed by atoms with van der Waals surface area (Å²) in [5.41, 5.74) is 2.41. The van der Waals surface area contributed by atoms with Gasteiger partial charge in [-0.3, -0.25) is 0 Å². The van der Waals surface area contributed by atoms with Crippen molar-refractivity contribution in [1.29, 1.82) is 0 Å². The highest BCUT2D eigenvalue weighted by Crippen LogP contribution is 2.36. The van der Waals surface area contributed by atoms with E-state index in [1.54, 1.807) is 7.11 Å². The minimum absolute atomic E-state index is 0.555. The summed E-state index contributed by atoms with van der Waals surface area (Å²) < 4.78 is 11.1. The molecule has 3 nitrogen and oxygen atoms in total. The van der Waals surface area contributed by atoms with E-state index in [1.807, 2.05) is 46.8 Å². The zero-order valence-electron chi connectivity index (χ0n) is 12.9. The maximum atomic E-state index is 10.7. The molecule has 0 aromatic heterocycles. The maximum absolute atomic E-state index is 10.7. The van der Waals surface area contributed by atoms with Crippen molar-refractivity contribution < 1.29 is 14.6 Å². The summed E-state index contributed by atoms with van der Waals surface area (Å²) in [5.74, 6) is 0.850. The summed E-state index contributed by atoms with van der Waals surface area (Å²) in [5, 5.41) is 10.7. The summed E-state index contributed by atoms with van der Waals surface area (Å²) in [4.78, 5) is 0. The van der Waals surface area contributed by atoms with Crippen LogP contribution in [-0.4, -0.2) is 24.4 Å². The fourth-order valence-corrected chi connectivity index (χ4v) is 2.36. The molecule has 0 aliphatic carbocycles. The Morgan fingerprint density at radius 2 is 1.84 bits per heavy atom. The third kappa shape index (κ3) is 3.28. The lowest BCUT2D eigenvalue weighted by Crippen LogP contribution is -2.36. The Balaban J connectivity index is 3.18. The van der Waals surface area contributed by atoms with Crippen molar-refractivity contribution in [2.45, 2.75) is 52.7 Å². The number of benzene rings is 1. The van der Waals surface area contributed by atoms with Gasteiger partial charge in [-0.2, -0.15) is 0 Å². The summed E-state index contributed by atoms with van der Waals surface area (Å²) in [6.07, 6.45) is 0.119. The van der Waals surface area contributed by atoms with Gasteiger partial charge in [0.25, 0.3) is 0 Å². The van der Waals surface area contributed by atoms with Gasteiger partial charge in [0.1, 0.15) is 11.9 Å². The topological polar surface area (TPSA) is 38.7 Å². The van der Waals surface area contributed by atoms with Gasteiger partial charge in [-0.25, -0.2) is 0 Å². The average Bonchev–Trinajstić information content (AvgIpc) is 2.40. The normalized spacial score (nSPS) is 15.9. The highest BCUT2D eigenvalue weighted by Gasteiger charge is 2.34. The first-order valence-electron chi connectivity index (χ1n) is 6.86. The van der Waals surface area contributed by atoms with Crippen LogP contribution < -0.4 is 4.74 Å². The molecule has 1 aromatic rings. The van der Waals surface area contributed by atoms with E-state index < -0.39 is 11.7 Å². The first kappa shape index (κ1) is 16.0. The molecule has 19 heavy (non-hydrogen) atoms. The van der Waals surface area contributed by atoms with Gasteiger partial charge in [-0.05, 0) is 62.9 Å². The molecule has 0 saturated carbocycles. The molecule has 0 aliphatic heterocycles. The van der Waals surface area contributed by atoms with E-state index in [0.29, 0.717) is 6.61 Å². The lowest BCUT2D eigenvalue weighted by molar-refractivity contribution is -0.113. The number of aliphatic hydroxyl groups excluding tert-OH is 1.